The molecule has 0 atom stereocenters. The summed E-state index contributed by atoms with van der Waals surface area (Å²) >= 11 is -1.37. The van der Waals surface area contributed by atoms with Crippen LogP contribution in [0.4, 0.5) is 13.2 Å². The van der Waals surface area contributed by atoms with Crippen LogP contribution >= 0.6 is 0 Å². The van der Waals surface area contributed by atoms with Crippen molar-refractivity contribution >= 4 is 11.7 Å². The van der Waals surface area contributed by atoms with E-state index in [4.69, 9.17) is 8.95 Å². The highest BCUT2D eigenvalue weighted by molar-refractivity contribution is 7.66. The molecule has 0 aromatic rings. The van der Waals surface area contributed by atoms with E-state index in [1.54, 1.807) is 0 Å². The first kappa shape index (κ1) is 20.8. The van der Waals surface area contributed by atoms with Gasteiger partial charge in [0.05, 0.1) is 0 Å². The van der Waals surface area contributed by atoms with Gasteiger partial charge in [-0.2, -0.15) is 13.2 Å². The second-order valence-electron chi connectivity index (χ2n) is 3.77. The molecule has 6 heteroatoms. The van der Waals surface area contributed by atoms with E-state index < -0.39 is 17.2 Å². The number of hydrogen-bond acceptors (Lipinski definition) is 2. The van der Waals surface area contributed by atoms with Crippen LogP contribution in [0.3, 0.4) is 0 Å². The lowest BCUT2D eigenvalue weighted by molar-refractivity contribution is -0.0353. The molecule has 0 aromatic heterocycles. The maximum atomic E-state index is 10.4. The molecule has 117 valence electrons. The maximum absolute atomic E-state index is 10.4. The fourth-order valence-electron chi connectivity index (χ4n) is 1.15. The fraction of sp³-hybridized carbons (Fsp3) is 0.333. The molecule has 2 nitrogen and oxygen atoms in total. The van der Waals surface area contributed by atoms with E-state index in [0.717, 1.165) is 13.2 Å². The topological polar surface area (TPSA) is 26.3 Å². The number of ether oxygens (including phenoxy) is 1. The average Bonchev–Trinajstić information content (AvgIpc) is 3.26. The Morgan fingerprint density at radius 1 is 0.714 bits per heavy atom. The van der Waals surface area contributed by atoms with Crippen LogP contribution in [-0.2, 0) is 16.4 Å². The second-order valence-corrected chi connectivity index (χ2v) is 4.40. The molecule has 1 heterocycles. The van der Waals surface area contributed by atoms with E-state index in [-0.39, 0.29) is 0 Å². The third kappa shape index (κ3) is 19.8. The van der Waals surface area contributed by atoms with E-state index in [9.17, 15) is 13.2 Å². The van der Waals surface area contributed by atoms with Gasteiger partial charge >= 0.3 is 5.51 Å². The van der Waals surface area contributed by atoms with Crippen molar-refractivity contribution in [2.45, 2.75) is 18.3 Å². The molecule has 11 radical (unpaired) electrons. The minimum atomic E-state index is -4.60. The molecule has 2 saturated carbocycles. The van der Waals surface area contributed by atoms with Crippen LogP contribution in [0.25, 0.3) is 0 Å². The van der Waals surface area contributed by atoms with Gasteiger partial charge in [0, 0.05) is 13.2 Å². The Balaban J connectivity index is 0.000000254. The quantitative estimate of drug-likeness (QED) is 0.682. The summed E-state index contributed by atoms with van der Waals surface area (Å²) in [5.74, 6) is 0. The molecular weight excluding hydrogens is 301 g/mol. The molecule has 0 unspecified atom stereocenters. The lowest BCUT2D eigenvalue weighted by atomic mass is 10.4. The summed E-state index contributed by atoms with van der Waals surface area (Å²) in [6.45, 7) is 2.00. The monoisotopic (exact) mass is 319 g/mol. The molecular formula is C15H18F3O2S. The van der Waals surface area contributed by atoms with Crippen molar-refractivity contribution in [2.75, 3.05) is 13.2 Å². The molecule has 21 heavy (non-hydrogen) atoms. The first-order chi connectivity index (χ1) is 10.1. The number of rotatable bonds is 0. The fourth-order valence-corrected chi connectivity index (χ4v) is 1.15. The minimum absolute atomic E-state index is 1.00. The van der Waals surface area contributed by atoms with E-state index in [0.29, 0.717) is 0 Å². The SMILES string of the molecule is C1CCOC1.O=[S]C(F)(F)F.[CH]1[CH][CH][CH][CH]1.[CH]1[CH][CH][CH][CH]1. The van der Waals surface area contributed by atoms with Gasteiger partial charge in [-0.25, -0.2) is 4.21 Å². The van der Waals surface area contributed by atoms with Gasteiger partial charge in [-0.15, -0.1) is 0 Å². The number of hydrogen-bond donors (Lipinski definition) is 0. The van der Waals surface area contributed by atoms with Crippen molar-refractivity contribution in [1.29, 1.82) is 0 Å². The Morgan fingerprint density at radius 2 is 0.952 bits per heavy atom. The minimum Gasteiger partial charge on any atom is -0.381 e. The highest BCUT2D eigenvalue weighted by atomic mass is 32.1. The molecule has 1 aliphatic heterocycles. The largest absolute Gasteiger partial charge is 0.499 e. The molecule has 3 aliphatic rings. The summed E-state index contributed by atoms with van der Waals surface area (Å²) in [5, 5.41) is 0. The van der Waals surface area contributed by atoms with Crippen LogP contribution in [0.5, 0.6) is 0 Å². The Morgan fingerprint density at radius 3 is 1.05 bits per heavy atom. The summed E-state index contributed by atoms with van der Waals surface area (Å²) < 4.78 is 45.0. The van der Waals surface area contributed by atoms with E-state index in [1.165, 1.54) is 12.8 Å². The van der Waals surface area contributed by atoms with Crippen LogP contribution in [0.2, 0.25) is 0 Å². The number of alkyl halides is 3. The summed E-state index contributed by atoms with van der Waals surface area (Å²) in [4.78, 5) is 0. The first-order valence-corrected chi connectivity index (χ1v) is 7.09. The zero-order valence-electron chi connectivity index (χ0n) is 11.5. The van der Waals surface area contributed by atoms with Crippen LogP contribution < -0.4 is 0 Å². The molecule has 3 fully saturated rings. The van der Waals surface area contributed by atoms with Gasteiger partial charge in [0.1, 0.15) is 0 Å². The molecule has 2 aliphatic carbocycles. The van der Waals surface area contributed by atoms with E-state index in [1.807, 2.05) is 64.2 Å². The molecule has 0 spiro atoms. The van der Waals surface area contributed by atoms with E-state index in [2.05, 4.69) is 0 Å². The van der Waals surface area contributed by atoms with Crippen LogP contribution in [0.15, 0.2) is 0 Å². The predicted molar refractivity (Wildman–Crippen MR) is 77.3 cm³/mol. The lowest BCUT2D eigenvalue weighted by Gasteiger charge is -1.85. The van der Waals surface area contributed by atoms with Crippen molar-refractivity contribution < 1.29 is 22.1 Å². The molecule has 1 saturated heterocycles. The first-order valence-electron chi connectivity index (χ1n) is 6.35. The van der Waals surface area contributed by atoms with Gasteiger partial charge in [-0.1, -0.05) is 0 Å². The van der Waals surface area contributed by atoms with Crippen LogP contribution in [0.1, 0.15) is 12.8 Å². The highest BCUT2D eigenvalue weighted by Crippen LogP contribution is 2.11. The van der Waals surface area contributed by atoms with Gasteiger partial charge < -0.3 is 4.74 Å². The summed E-state index contributed by atoms with van der Waals surface area (Å²) in [6.07, 6.45) is 22.6. The molecule has 0 bridgehead atoms. The highest BCUT2D eigenvalue weighted by Gasteiger charge is 2.27. The molecule has 0 aromatic carbocycles. The van der Waals surface area contributed by atoms with Gasteiger partial charge in [0.2, 0.25) is 0 Å². The lowest BCUT2D eigenvalue weighted by Crippen LogP contribution is -2.02. The molecule has 0 N–H and O–H groups in total. The van der Waals surface area contributed by atoms with Gasteiger partial charge in [-0.05, 0) is 77.0 Å². The van der Waals surface area contributed by atoms with Crippen molar-refractivity contribution in [3.8, 4) is 0 Å². The average molecular weight is 319 g/mol. The maximum Gasteiger partial charge on any atom is 0.499 e. The van der Waals surface area contributed by atoms with E-state index >= 15 is 0 Å². The third-order valence-corrected chi connectivity index (χ3v) is 2.22. The van der Waals surface area contributed by atoms with Gasteiger partial charge in [-0.3, -0.25) is 0 Å². The van der Waals surface area contributed by atoms with Crippen molar-refractivity contribution in [3.05, 3.63) is 64.2 Å². The second kappa shape index (κ2) is 14.7. The molecule has 0 amide bonds. The predicted octanol–water partition coefficient (Wildman–Crippen LogP) is 3.56. The number of halogens is 3. The Labute approximate surface area is 130 Å². The van der Waals surface area contributed by atoms with Crippen molar-refractivity contribution in [1.82, 2.24) is 0 Å². The van der Waals surface area contributed by atoms with Crippen molar-refractivity contribution in [3.63, 3.8) is 0 Å². The normalized spacial score (nSPS) is 20.3. The van der Waals surface area contributed by atoms with Crippen LogP contribution in [-0.4, -0.2) is 22.9 Å². The van der Waals surface area contributed by atoms with Crippen LogP contribution in [0, 0.1) is 64.2 Å². The standard InChI is InChI=1S/2C5H5.C4H8O.CF3OS/c3*1-2-4-5-3-1;2-1(3,4)6-5/h2*1-5H;1-4H2;. The zero-order valence-corrected chi connectivity index (χ0v) is 12.3. The van der Waals surface area contributed by atoms with Gasteiger partial charge in [0.15, 0.2) is 11.7 Å². The van der Waals surface area contributed by atoms with Gasteiger partial charge in [0.25, 0.3) is 0 Å². The smallest absolute Gasteiger partial charge is 0.381 e. The summed E-state index contributed by atoms with van der Waals surface area (Å²) in [6, 6.07) is 0. The molecule has 3 rings (SSSR count). The van der Waals surface area contributed by atoms with Crippen molar-refractivity contribution in [2.24, 2.45) is 0 Å². The Bertz CT molecular complexity index is 177. The Kier molecular flexibility index (Phi) is 14.5. The Hall–Kier alpha value is -0.230. The zero-order chi connectivity index (χ0) is 15.8. The summed E-state index contributed by atoms with van der Waals surface area (Å²) in [7, 11) is 0. The third-order valence-electron chi connectivity index (χ3n) is 2.03. The summed E-state index contributed by atoms with van der Waals surface area (Å²) in [5.41, 5.74) is -4.60.